The van der Waals surface area contributed by atoms with Crippen LogP contribution in [0.3, 0.4) is 0 Å². The summed E-state index contributed by atoms with van der Waals surface area (Å²) in [5, 5.41) is 12.3. The van der Waals surface area contributed by atoms with Crippen molar-refractivity contribution in [3.63, 3.8) is 0 Å². The van der Waals surface area contributed by atoms with Crippen LogP contribution in [0.2, 0.25) is 0 Å². The van der Waals surface area contributed by atoms with Gasteiger partial charge in [-0.05, 0) is 31.5 Å². The third kappa shape index (κ3) is 3.34. The van der Waals surface area contributed by atoms with Crippen molar-refractivity contribution in [3.05, 3.63) is 29.6 Å². The molecule has 1 N–H and O–H groups in total. The van der Waals surface area contributed by atoms with Crippen LogP contribution in [0.15, 0.2) is 18.3 Å². The number of nitriles is 1. The van der Waals surface area contributed by atoms with Crippen molar-refractivity contribution < 1.29 is 0 Å². The van der Waals surface area contributed by atoms with Crippen molar-refractivity contribution in [2.75, 3.05) is 13.1 Å². The largest absolute Gasteiger partial charge is 0.316 e. The van der Waals surface area contributed by atoms with Crippen LogP contribution in [0.1, 0.15) is 30.0 Å². The van der Waals surface area contributed by atoms with Crippen LogP contribution in [0, 0.1) is 11.3 Å². The minimum Gasteiger partial charge on any atom is -0.316 e. The summed E-state index contributed by atoms with van der Waals surface area (Å²) in [6.07, 6.45) is 4.08. The standard InChI is InChI=1S/C11H13N3.2ClH/c12-7-9-3-2-6-14-11(9)10-4-1-5-13-8-10;;/h2-3,6,10,13H,1,4-5,8H2;2*1H. The summed E-state index contributed by atoms with van der Waals surface area (Å²) in [7, 11) is 0. The molecular weight excluding hydrogens is 245 g/mol. The van der Waals surface area contributed by atoms with Gasteiger partial charge in [-0.3, -0.25) is 4.98 Å². The Morgan fingerprint density at radius 1 is 1.44 bits per heavy atom. The molecule has 16 heavy (non-hydrogen) atoms. The minimum absolute atomic E-state index is 0. The molecule has 1 aliphatic heterocycles. The molecule has 2 rings (SSSR count). The number of hydrogen-bond donors (Lipinski definition) is 1. The molecule has 1 atom stereocenters. The highest BCUT2D eigenvalue weighted by Gasteiger charge is 2.18. The van der Waals surface area contributed by atoms with E-state index in [4.69, 9.17) is 5.26 Å². The van der Waals surface area contributed by atoms with Crippen molar-refractivity contribution in [1.82, 2.24) is 10.3 Å². The van der Waals surface area contributed by atoms with Crippen molar-refractivity contribution in [2.24, 2.45) is 0 Å². The summed E-state index contributed by atoms with van der Waals surface area (Å²) < 4.78 is 0. The Morgan fingerprint density at radius 2 is 2.25 bits per heavy atom. The molecule has 0 bridgehead atoms. The number of nitrogens with zero attached hydrogens (tertiary/aromatic N) is 2. The lowest BCUT2D eigenvalue weighted by Crippen LogP contribution is -2.29. The lowest BCUT2D eigenvalue weighted by atomic mass is 9.93. The second-order valence-corrected chi connectivity index (χ2v) is 3.59. The Labute approximate surface area is 108 Å². The summed E-state index contributed by atoms with van der Waals surface area (Å²) in [5.41, 5.74) is 1.68. The summed E-state index contributed by atoms with van der Waals surface area (Å²) in [6, 6.07) is 5.86. The summed E-state index contributed by atoms with van der Waals surface area (Å²) in [6.45, 7) is 2.04. The number of rotatable bonds is 1. The van der Waals surface area contributed by atoms with Gasteiger partial charge >= 0.3 is 0 Å². The van der Waals surface area contributed by atoms with E-state index in [1.165, 1.54) is 6.42 Å². The van der Waals surface area contributed by atoms with Gasteiger partial charge in [-0.25, -0.2) is 0 Å². The summed E-state index contributed by atoms with van der Waals surface area (Å²) >= 11 is 0. The van der Waals surface area contributed by atoms with Gasteiger partial charge in [0, 0.05) is 18.7 Å². The van der Waals surface area contributed by atoms with Crippen LogP contribution in [0.25, 0.3) is 0 Å². The fourth-order valence-electron chi connectivity index (χ4n) is 1.92. The topological polar surface area (TPSA) is 48.7 Å². The predicted octanol–water partition coefficient (Wildman–Crippen LogP) is 2.26. The molecule has 0 saturated carbocycles. The van der Waals surface area contributed by atoms with Gasteiger partial charge in [-0.15, -0.1) is 24.8 Å². The number of pyridine rings is 1. The van der Waals surface area contributed by atoms with E-state index >= 15 is 0 Å². The molecule has 2 heterocycles. The first-order valence-corrected chi connectivity index (χ1v) is 4.97. The summed E-state index contributed by atoms with van der Waals surface area (Å²) in [5.74, 6) is 0.416. The lowest BCUT2D eigenvalue weighted by molar-refractivity contribution is 0.454. The molecule has 1 unspecified atom stereocenters. The van der Waals surface area contributed by atoms with E-state index in [2.05, 4.69) is 16.4 Å². The Bertz CT molecular complexity index is 356. The van der Waals surface area contributed by atoms with Gasteiger partial charge in [0.1, 0.15) is 6.07 Å². The van der Waals surface area contributed by atoms with Crippen LogP contribution in [-0.2, 0) is 0 Å². The number of halogens is 2. The highest BCUT2D eigenvalue weighted by atomic mass is 35.5. The van der Waals surface area contributed by atoms with Crippen molar-refractivity contribution in [1.29, 1.82) is 5.26 Å². The first kappa shape index (κ1) is 15.2. The maximum Gasteiger partial charge on any atom is 0.101 e. The van der Waals surface area contributed by atoms with E-state index in [0.717, 1.165) is 30.8 Å². The second-order valence-electron chi connectivity index (χ2n) is 3.59. The fraction of sp³-hybridized carbons (Fsp3) is 0.455. The molecule has 88 valence electrons. The van der Waals surface area contributed by atoms with Crippen LogP contribution in [0.5, 0.6) is 0 Å². The van der Waals surface area contributed by atoms with Gasteiger partial charge < -0.3 is 5.32 Å². The zero-order valence-corrected chi connectivity index (χ0v) is 10.5. The Balaban J connectivity index is 0.00000112. The molecule has 1 aliphatic rings. The normalized spacial score (nSPS) is 18.8. The average Bonchev–Trinajstić information content (AvgIpc) is 2.30. The van der Waals surface area contributed by atoms with Crippen molar-refractivity contribution >= 4 is 24.8 Å². The summed E-state index contributed by atoms with van der Waals surface area (Å²) in [4.78, 5) is 4.31. The van der Waals surface area contributed by atoms with Crippen LogP contribution >= 0.6 is 24.8 Å². The Kier molecular flexibility index (Phi) is 7.07. The number of hydrogen-bond acceptors (Lipinski definition) is 3. The number of aromatic nitrogens is 1. The molecule has 0 radical (unpaired) electrons. The first-order chi connectivity index (χ1) is 6.92. The third-order valence-corrected chi connectivity index (χ3v) is 2.64. The molecule has 1 aromatic rings. The molecule has 1 saturated heterocycles. The smallest absolute Gasteiger partial charge is 0.101 e. The second kappa shape index (κ2) is 7.45. The molecule has 1 aromatic heterocycles. The minimum atomic E-state index is 0. The Hall–Kier alpha value is -0.820. The molecule has 3 nitrogen and oxygen atoms in total. The van der Waals surface area contributed by atoms with Gasteiger partial charge in [-0.1, -0.05) is 0 Å². The molecule has 0 spiro atoms. The van der Waals surface area contributed by atoms with E-state index < -0.39 is 0 Å². The molecular formula is C11H15Cl2N3. The van der Waals surface area contributed by atoms with Crippen LogP contribution in [-0.4, -0.2) is 18.1 Å². The molecule has 0 aliphatic carbocycles. The zero-order chi connectivity index (χ0) is 9.80. The fourth-order valence-corrected chi connectivity index (χ4v) is 1.92. The van der Waals surface area contributed by atoms with E-state index in [0.29, 0.717) is 5.92 Å². The van der Waals surface area contributed by atoms with Crippen molar-refractivity contribution in [2.45, 2.75) is 18.8 Å². The van der Waals surface area contributed by atoms with E-state index in [-0.39, 0.29) is 24.8 Å². The SMILES string of the molecule is Cl.Cl.N#Cc1cccnc1C1CCCNC1. The molecule has 5 heteroatoms. The quantitative estimate of drug-likeness (QED) is 0.842. The Morgan fingerprint density at radius 3 is 2.88 bits per heavy atom. The van der Waals surface area contributed by atoms with Gasteiger partial charge in [0.05, 0.1) is 11.3 Å². The maximum absolute atomic E-state index is 8.94. The van der Waals surface area contributed by atoms with Crippen molar-refractivity contribution in [3.8, 4) is 6.07 Å². The average molecular weight is 260 g/mol. The van der Waals surface area contributed by atoms with Crippen LogP contribution < -0.4 is 5.32 Å². The van der Waals surface area contributed by atoms with Gasteiger partial charge in [-0.2, -0.15) is 5.26 Å². The van der Waals surface area contributed by atoms with E-state index in [1.807, 2.05) is 12.1 Å². The van der Waals surface area contributed by atoms with Gasteiger partial charge in [0.15, 0.2) is 0 Å². The highest BCUT2D eigenvalue weighted by Crippen LogP contribution is 2.23. The molecule has 0 aromatic carbocycles. The van der Waals surface area contributed by atoms with Gasteiger partial charge in [0.2, 0.25) is 0 Å². The first-order valence-electron chi connectivity index (χ1n) is 4.97. The van der Waals surface area contributed by atoms with Crippen LogP contribution in [0.4, 0.5) is 0 Å². The number of nitrogens with one attached hydrogen (secondary N) is 1. The molecule has 1 fully saturated rings. The lowest BCUT2D eigenvalue weighted by Gasteiger charge is -2.22. The predicted molar refractivity (Wildman–Crippen MR) is 68.3 cm³/mol. The third-order valence-electron chi connectivity index (χ3n) is 2.64. The van der Waals surface area contributed by atoms with E-state index in [9.17, 15) is 0 Å². The van der Waals surface area contributed by atoms with E-state index in [1.54, 1.807) is 6.20 Å². The van der Waals surface area contributed by atoms with Gasteiger partial charge in [0.25, 0.3) is 0 Å². The zero-order valence-electron chi connectivity index (χ0n) is 8.85. The monoisotopic (exact) mass is 259 g/mol. The number of piperidine rings is 1. The highest BCUT2D eigenvalue weighted by molar-refractivity contribution is 5.85. The maximum atomic E-state index is 8.94. The molecule has 0 amide bonds.